The topological polar surface area (TPSA) is 150 Å². The molecule has 0 bridgehead atoms. The highest BCUT2D eigenvalue weighted by Crippen LogP contribution is 2.31. The molecular weight excluding hydrogens is 730 g/mol. The standard InChI is InChI=1S/C16H21FN4O2S.C15H18BrFN4O2S/c1-11-6-15-13(7-14(11)17)16(19-10-18-15)21-5-3-4-12(9-21)8-20-24(2,22)23;1-24(22,23)20-7-10-3-2-4-21(8-10)15-11-5-13(17)12(16)6-14(11)18-9-19-15/h6-7,10,12,20H,3-5,8-9H2,1-2H3;5-6,9-10,20H,2-4,7-8H2,1H3. The molecular formula is C31H39BrF2N8O4S2. The van der Waals surface area contributed by atoms with Crippen LogP contribution in [0, 0.1) is 30.4 Å². The van der Waals surface area contributed by atoms with Gasteiger partial charge in [0.1, 0.15) is 35.9 Å². The van der Waals surface area contributed by atoms with E-state index in [9.17, 15) is 25.6 Å². The van der Waals surface area contributed by atoms with Crippen molar-refractivity contribution in [3.05, 3.63) is 58.6 Å². The van der Waals surface area contributed by atoms with Crippen molar-refractivity contribution < 1.29 is 25.6 Å². The van der Waals surface area contributed by atoms with Crippen molar-refractivity contribution in [2.24, 2.45) is 11.8 Å². The summed E-state index contributed by atoms with van der Waals surface area (Å²) in [5.74, 6) is 1.17. The first-order chi connectivity index (χ1) is 22.7. The molecule has 2 aromatic heterocycles. The van der Waals surface area contributed by atoms with Crippen LogP contribution < -0.4 is 19.2 Å². The van der Waals surface area contributed by atoms with E-state index in [-0.39, 0.29) is 23.5 Å². The third-order valence-electron chi connectivity index (χ3n) is 8.46. The predicted molar refractivity (Wildman–Crippen MR) is 187 cm³/mol. The van der Waals surface area contributed by atoms with Gasteiger partial charge in [-0.05, 0) is 90.2 Å². The van der Waals surface area contributed by atoms with Crippen molar-refractivity contribution in [2.75, 3.05) is 61.6 Å². The number of nitrogens with one attached hydrogen (secondary N) is 2. The van der Waals surface area contributed by atoms with E-state index in [2.05, 4.69) is 55.1 Å². The van der Waals surface area contributed by atoms with Gasteiger partial charge in [-0.2, -0.15) is 0 Å². The summed E-state index contributed by atoms with van der Waals surface area (Å²) in [5, 5.41) is 1.35. The first-order valence-electron chi connectivity index (χ1n) is 15.6. The molecule has 48 heavy (non-hydrogen) atoms. The number of piperidine rings is 2. The van der Waals surface area contributed by atoms with Gasteiger partial charge < -0.3 is 9.80 Å². The first-order valence-corrected chi connectivity index (χ1v) is 20.1. The van der Waals surface area contributed by atoms with Crippen molar-refractivity contribution in [1.29, 1.82) is 0 Å². The van der Waals surface area contributed by atoms with Crippen molar-refractivity contribution in [1.82, 2.24) is 29.4 Å². The largest absolute Gasteiger partial charge is 0.356 e. The number of aryl methyl sites for hydroxylation is 1. The van der Waals surface area contributed by atoms with Crippen LogP contribution in [-0.2, 0) is 20.0 Å². The summed E-state index contributed by atoms with van der Waals surface area (Å²) in [6, 6.07) is 6.29. The van der Waals surface area contributed by atoms with E-state index in [1.807, 2.05) is 0 Å². The molecule has 2 saturated heterocycles. The van der Waals surface area contributed by atoms with Crippen LogP contribution in [0.25, 0.3) is 21.8 Å². The maximum atomic E-state index is 14.0. The fourth-order valence-electron chi connectivity index (χ4n) is 6.10. The Bertz CT molecular complexity index is 1860. The van der Waals surface area contributed by atoms with E-state index in [0.717, 1.165) is 56.8 Å². The molecule has 4 heterocycles. The minimum Gasteiger partial charge on any atom is -0.356 e. The van der Waals surface area contributed by atoms with Gasteiger partial charge in [-0.25, -0.2) is 55.0 Å². The number of rotatable bonds is 8. The lowest BCUT2D eigenvalue weighted by molar-refractivity contribution is 0.410. The van der Waals surface area contributed by atoms with Gasteiger partial charge in [-0.1, -0.05) is 0 Å². The number of aromatic nitrogens is 4. The Morgan fingerprint density at radius 1 is 0.750 bits per heavy atom. The minimum absolute atomic E-state index is 0.193. The molecule has 260 valence electrons. The highest BCUT2D eigenvalue weighted by atomic mass is 79.9. The fourth-order valence-corrected chi connectivity index (χ4v) is 7.50. The molecule has 0 radical (unpaired) electrons. The summed E-state index contributed by atoms with van der Waals surface area (Å²) in [7, 11) is -6.39. The van der Waals surface area contributed by atoms with Crippen molar-refractivity contribution in [2.45, 2.75) is 32.6 Å². The third-order valence-corrected chi connectivity index (χ3v) is 10.4. The number of nitrogens with zero attached hydrogens (tertiary/aromatic N) is 6. The number of benzene rings is 2. The van der Waals surface area contributed by atoms with Gasteiger partial charge in [0.2, 0.25) is 20.0 Å². The average Bonchev–Trinajstić information content (AvgIpc) is 3.03. The highest BCUT2D eigenvalue weighted by molar-refractivity contribution is 9.10. The lowest BCUT2D eigenvalue weighted by Crippen LogP contribution is -2.41. The van der Waals surface area contributed by atoms with Crippen LogP contribution in [-0.4, -0.2) is 88.6 Å². The van der Waals surface area contributed by atoms with Crippen LogP contribution in [0.3, 0.4) is 0 Å². The Balaban J connectivity index is 0.000000188. The summed E-state index contributed by atoms with van der Waals surface area (Å²) < 4.78 is 78.5. The molecule has 2 aliphatic rings. The number of hydrogen-bond acceptors (Lipinski definition) is 10. The molecule has 2 fully saturated rings. The molecule has 0 aliphatic carbocycles. The monoisotopic (exact) mass is 768 g/mol. The zero-order valence-corrected chi connectivity index (χ0v) is 30.2. The highest BCUT2D eigenvalue weighted by Gasteiger charge is 2.25. The first kappa shape index (κ1) is 36.2. The van der Waals surface area contributed by atoms with Gasteiger partial charge in [-0.3, -0.25) is 0 Å². The normalized spacial score (nSPS) is 19.0. The number of halogens is 3. The Morgan fingerprint density at radius 3 is 1.69 bits per heavy atom. The van der Waals surface area contributed by atoms with E-state index in [1.54, 1.807) is 19.1 Å². The van der Waals surface area contributed by atoms with Crippen LogP contribution in [0.4, 0.5) is 20.4 Å². The zero-order valence-electron chi connectivity index (χ0n) is 27.0. The van der Waals surface area contributed by atoms with Crippen molar-refractivity contribution in [3.63, 3.8) is 0 Å². The minimum atomic E-state index is -3.20. The van der Waals surface area contributed by atoms with Crippen LogP contribution in [0.2, 0.25) is 0 Å². The SMILES string of the molecule is CS(=O)(=O)NCC1CCCN(c2ncnc3cc(Br)c(F)cc23)C1.Cc1cc2ncnc(N3CCCC(CNS(C)(=O)=O)C3)c2cc1F. The third kappa shape index (κ3) is 9.52. The van der Waals surface area contributed by atoms with Gasteiger partial charge in [0.25, 0.3) is 0 Å². The zero-order chi connectivity index (χ0) is 34.6. The van der Waals surface area contributed by atoms with E-state index < -0.39 is 20.0 Å². The number of hydrogen-bond donors (Lipinski definition) is 2. The van der Waals surface area contributed by atoms with Gasteiger partial charge in [0, 0.05) is 50.0 Å². The Morgan fingerprint density at radius 2 is 1.21 bits per heavy atom. The summed E-state index contributed by atoms with van der Waals surface area (Å²) in [6.45, 7) is 5.50. The van der Waals surface area contributed by atoms with Crippen molar-refractivity contribution >= 4 is 69.4 Å². The van der Waals surface area contributed by atoms with E-state index in [0.29, 0.717) is 64.1 Å². The van der Waals surface area contributed by atoms with Gasteiger partial charge in [0.15, 0.2) is 0 Å². The molecule has 0 saturated carbocycles. The van der Waals surface area contributed by atoms with Gasteiger partial charge in [-0.15, -0.1) is 0 Å². The van der Waals surface area contributed by atoms with Gasteiger partial charge in [0.05, 0.1) is 28.0 Å². The summed E-state index contributed by atoms with van der Waals surface area (Å²) in [5.41, 5.74) is 1.95. The molecule has 2 N–H and O–H groups in total. The maximum absolute atomic E-state index is 14.0. The van der Waals surface area contributed by atoms with Gasteiger partial charge >= 0.3 is 0 Å². The second-order valence-corrected chi connectivity index (χ2v) is 17.0. The lowest BCUT2D eigenvalue weighted by atomic mass is 9.98. The molecule has 17 heteroatoms. The summed E-state index contributed by atoms with van der Waals surface area (Å²) in [6.07, 6.45) is 9.06. The molecule has 2 aromatic carbocycles. The Labute approximate surface area is 288 Å². The predicted octanol–water partition coefficient (Wildman–Crippen LogP) is 4.14. The smallest absolute Gasteiger partial charge is 0.208 e. The number of fused-ring (bicyclic) bond motifs is 2. The number of sulfonamides is 2. The summed E-state index contributed by atoms with van der Waals surface area (Å²) in [4.78, 5) is 21.3. The molecule has 4 aromatic rings. The molecule has 2 unspecified atom stereocenters. The second-order valence-electron chi connectivity index (χ2n) is 12.4. The lowest BCUT2D eigenvalue weighted by Gasteiger charge is -2.34. The maximum Gasteiger partial charge on any atom is 0.208 e. The van der Waals surface area contributed by atoms with Crippen LogP contribution in [0.1, 0.15) is 31.2 Å². The van der Waals surface area contributed by atoms with E-state index in [1.165, 1.54) is 24.8 Å². The second kappa shape index (κ2) is 15.2. The van der Waals surface area contributed by atoms with Crippen LogP contribution in [0.15, 0.2) is 41.4 Å². The molecule has 2 atom stereocenters. The van der Waals surface area contributed by atoms with E-state index in [4.69, 9.17) is 0 Å². The molecule has 2 aliphatic heterocycles. The van der Waals surface area contributed by atoms with Crippen LogP contribution in [0.5, 0.6) is 0 Å². The molecule has 6 rings (SSSR count). The molecule has 12 nitrogen and oxygen atoms in total. The molecule has 0 spiro atoms. The quantitative estimate of drug-likeness (QED) is 0.268. The van der Waals surface area contributed by atoms with E-state index >= 15 is 0 Å². The van der Waals surface area contributed by atoms with Crippen molar-refractivity contribution in [3.8, 4) is 0 Å². The fraction of sp³-hybridized carbons (Fsp3) is 0.484. The summed E-state index contributed by atoms with van der Waals surface area (Å²) >= 11 is 3.17. The van der Waals surface area contributed by atoms with Crippen LogP contribution >= 0.6 is 15.9 Å². The number of anilines is 2. The average molecular weight is 770 g/mol. The molecule has 0 amide bonds. The Kier molecular flexibility index (Phi) is 11.4. The Hall–Kier alpha value is -3.12.